The van der Waals surface area contributed by atoms with Gasteiger partial charge in [0, 0.05) is 67.6 Å². The highest BCUT2D eigenvalue weighted by molar-refractivity contribution is 6.04. The van der Waals surface area contributed by atoms with Gasteiger partial charge in [-0.05, 0) is 89.0 Å². The predicted octanol–water partition coefficient (Wildman–Crippen LogP) is 7.92. The van der Waals surface area contributed by atoms with Gasteiger partial charge in [-0.25, -0.2) is 9.18 Å². The van der Waals surface area contributed by atoms with Crippen LogP contribution in [0.3, 0.4) is 0 Å². The SMILES string of the molecule is CC/C1=C/Nc2ccccc2C(C)=N[C@@H](CCN(CCCCC2=C(C)CCC3=C(C=C2)CCCN3)CCOC2C=NC=C(F)C2)C(=O)O1. The molecule has 0 spiro atoms. The van der Waals surface area contributed by atoms with Crippen LogP contribution < -0.4 is 10.6 Å². The third kappa shape index (κ3) is 10.3. The molecule has 0 saturated carbocycles. The summed E-state index contributed by atoms with van der Waals surface area (Å²) in [6.07, 6.45) is 18.0. The van der Waals surface area contributed by atoms with Gasteiger partial charge in [-0.1, -0.05) is 42.8 Å². The Morgan fingerprint density at radius 1 is 1.08 bits per heavy atom. The number of rotatable bonds is 13. The molecule has 1 aromatic carbocycles. The molecular formula is C39H52FN5O3. The molecular weight excluding hydrogens is 605 g/mol. The van der Waals surface area contributed by atoms with Gasteiger partial charge in [-0.3, -0.25) is 9.98 Å². The molecule has 258 valence electrons. The van der Waals surface area contributed by atoms with Crippen molar-refractivity contribution in [1.29, 1.82) is 0 Å². The van der Waals surface area contributed by atoms with Gasteiger partial charge in [-0.15, -0.1) is 0 Å². The quantitative estimate of drug-likeness (QED) is 0.166. The molecule has 4 aliphatic rings. The number of anilines is 1. The minimum absolute atomic E-state index is 0.214. The molecule has 0 bridgehead atoms. The van der Waals surface area contributed by atoms with Gasteiger partial charge in [0.05, 0.1) is 18.9 Å². The standard InChI is InChI=1S/C39H52FN5O3/c1-4-33-27-43-37-13-6-5-12-35(37)29(3)44-38(39(46)48-33)18-21-45(22-23-47-34-24-32(40)25-41-26-34)20-8-7-10-30-15-16-31-11-9-19-42-36(31)17-14-28(30)2/h5-6,12-13,15-16,25-27,34,38,42-43H,4,7-11,14,17-24H2,1-3H3/b16-15?,30-28?,33-27-,44-29?/t34?,38-/m0/s1. The van der Waals surface area contributed by atoms with Gasteiger partial charge in [0.25, 0.3) is 0 Å². The third-order valence-electron chi connectivity index (χ3n) is 9.53. The maximum absolute atomic E-state index is 13.8. The molecule has 0 saturated heterocycles. The van der Waals surface area contributed by atoms with Crippen molar-refractivity contribution >= 4 is 23.6 Å². The summed E-state index contributed by atoms with van der Waals surface area (Å²) in [5.41, 5.74) is 8.50. The van der Waals surface area contributed by atoms with Crippen LogP contribution in [0.15, 0.2) is 92.8 Å². The number of carbonyl (C=O) groups excluding carboxylic acids is 1. The van der Waals surface area contributed by atoms with Crippen LogP contribution in [0.1, 0.15) is 90.5 Å². The zero-order valence-corrected chi connectivity index (χ0v) is 28.9. The predicted molar refractivity (Wildman–Crippen MR) is 193 cm³/mol. The Labute approximate surface area is 285 Å². The van der Waals surface area contributed by atoms with Crippen LogP contribution in [0.25, 0.3) is 0 Å². The fourth-order valence-electron chi connectivity index (χ4n) is 6.59. The van der Waals surface area contributed by atoms with Gasteiger partial charge in [0.2, 0.25) is 0 Å². The van der Waals surface area contributed by atoms with Crippen molar-refractivity contribution in [3.8, 4) is 0 Å². The molecule has 8 nitrogen and oxygen atoms in total. The number of allylic oxidation sites excluding steroid dienone is 7. The fraction of sp³-hybridized carbons (Fsp3) is 0.513. The number of fused-ring (bicyclic) bond motifs is 1. The number of ether oxygens (including phenoxy) is 2. The second-order valence-electron chi connectivity index (χ2n) is 13.1. The van der Waals surface area contributed by atoms with E-state index in [1.54, 1.807) is 12.4 Å². The number of aliphatic imine (C=N–C) groups is 2. The average Bonchev–Trinajstić information content (AvgIpc) is 3.09. The van der Waals surface area contributed by atoms with Crippen LogP contribution in [-0.2, 0) is 14.3 Å². The lowest BCUT2D eigenvalue weighted by atomic mass is 9.91. The van der Waals surface area contributed by atoms with E-state index in [4.69, 9.17) is 14.5 Å². The van der Waals surface area contributed by atoms with E-state index in [1.807, 2.05) is 38.1 Å². The Morgan fingerprint density at radius 2 is 1.96 bits per heavy atom. The van der Waals surface area contributed by atoms with E-state index >= 15 is 0 Å². The molecule has 0 amide bonds. The first-order chi connectivity index (χ1) is 23.4. The molecule has 3 aliphatic heterocycles. The van der Waals surface area contributed by atoms with Crippen molar-refractivity contribution in [3.05, 3.63) is 88.4 Å². The molecule has 1 aliphatic carbocycles. The fourth-order valence-corrected chi connectivity index (χ4v) is 6.59. The molecule has 0 aromatic heterocycles. The first kappa shape index (κ1) is 35.5. The molecule has 3 heterocycles. The van der Waals surface area contributed by atoms with Crippen LogP contribution in [0.2, 0.25) is 0 Å². The lowest BCUT2D eigenvalue weighted by Crippen LogP contribution is -2.35. The number of hydrogen-bond donors (Lipinski definition) is 2. The number of nitrogens with one attached hydrogen (secondary N) is 2. The Bertz CT molecular complexity index is 1500. The zero-order valence-electron chi connectivity index (χ0n) is 28.9. The van der Waals surface area contributed by atoms with E-state index in [1.165, 1.54) is 35.0 Å². The Balaban J connectivity index is 1.23. The summed E-state index contributed by atoms with van der Waals surface area (Å²) in [7, 11) is 0. The first-order valence-corrected chi connectivity index (χ1v) is 17.7. The van der Waals surface area contributed by atoms with Gasteiger partial charge in [-0.2, -0.15) is 0 Å². The molecule has 2 N–H and O–H groups in total. The number of benzene rings is 1. The minimum atomic E-state index is -0.638. The maximum Gasteiger partial charge on any atom is 0.336 e. The first-order valence-electron chi connectivity index (χ1n) is 17.7. The van der Waals surface area contributed by atoms with E-state index in [-0.39, 0.29) is 24.3 Å². The second-order valence-corrected chi connectivity index (χ2v) is 13.1. The highest BCUT2D eigenvalue weighted by Gasteiger charge is 2.24. The highest BCUT2D eigenvalue weighted by atomic mass is 19.1. The van der Waals surface area contributed by atoms with E-state index in [2.05, 4.69) is 39.6 Å². The number of carbonyl (C=O) groups is 1. The normalized spacial score (nSPS) is 22.7. The van der Waals surface area contributed by atoms with Crippen LogP contribution in [-0.4, -0.2) is 67.7 Å². The molecule has 5 rings (SSSR count). The number of para-hydroxylation sites is 1. The number of unbranched alkanes of at least 4 members (excludes halogenated alkanes) is 1. The van der Waals surface area contributed by atoms with Crippen molar-refractivity contribution in [2.24, 2.45) is 9.98 Å². The molecule has 2 atom stereocenters. The van der Waals surface area contributed by atoms with Crippen molar-refractivity contribution in [3.63, 3.8) is 0 Å². The summed E-state index contributed by atoms with van der Waals surface area (Å²) in [6, 6.07) is 7.34. The van der Waals surface area contributed by atoms with E-state index in [0.717, 1.165) is 68.6 Å². The summed E-state index contributed by atoms with van der Waals surface area (Å²) in [5.74, 6) is -0.0275. The number of esters is 1. The highest BCUT2D eigenvalue weighted by Crippen LogP contribution is 2.28. The van der Waals surface area contributed by atoms with Gasteiger partial charge in [0.15, 0.2) is 0 Å². The minimum Gasteiger partial charge on any atom is -0.428 e. The largest absolute Gasteiger partial charge is 0.428 e. The van der Waals surface area contributed by atoms with Gasteiger partial charge < -0.3 is 25.0 Å². The van der Waals surface area contributed by atoms with Crippen LogP contribution >= 0.6 is 0 Å². The Morgan fingerprint density at radius 3 is 2.81 bits per heavy atom. The molecule has 1 unspecified atom stereocenters. The molecule has 1 aromatic rings. The van der Waals surface area contributed by atoms with Crippen molar-refractivity contribution < 1.29 is 18.7 Å². The molecule has 9 heteroatoms. The van der Waals surface area contributed by atoms with E-state index in [0.29, 0.717) is 38.3 Å². The smallest absolute Gasteiger partial charge is 0.336 e. The second kappa shape index (κ2) is 18.1. The molecule has 0 fully saturated rings. The number of hydrogen-bond acceptors (Lipinski definition) is 8. The Kier molecular flexibility index (Phi) is 13.4. The lowest BCUT2D eigenvalue weighted by Gasteiger charge is -2.26. The van der Waals surface area contributed by atoms with Gasteiger partial charge in [0.1, 0.15) is 17.6 Å². The van der Waals surface area contributed by atoms with Crippen LogP contribution in [0.4, 0.5) is 10.1 Å². The molecule has 48 heavy (non-hydrogen) atoms. The van der Waals surface area contributed by atoms with E-state index < -0.39 is 6.04 Å². The van der Waals surface area contributed by atoms with Crippen LogP contribution in [0, 0.1) is 0 Å². The molecule has 0 radical (unpaired) electrons. The van der Waals surface area contributed by atoms with Crippen molar-refractivity contribution in [1.82, 2.24) is 10.2 Å². The summed E-state index contributed by atoms with van der Waals surface area (Å²) < 4.78 is 25.6. The number of cyclic esters (lactones) is 1. The van der Waals surface area contributed by atoms with E-state index in [9.17, 15) is 9.18 Å². The Hall–Kier alpha value is -3.82. The summed E-state index contributed by atoms with van der Waals surface area (Å²) in [5, 5.41) is 6.90. The lowest BCUT2D eigenvalue weighted by molar-refractivity contribution is -0.141. The average molecular weight is 658 g/mol. The van der Waals surface area contributed by atoms with Crippen LogP contribution in [0.5, 0.6) is 0 Å². The number of nitrogens with zero attached hydrogens (tertiary/aromatic N) is 3. The van der Waals surface area contributed by atoms with Gasteiger partial charge >= 0.3 is 5.97 Å². The topological polar surface area (TPSA) is 87.5 Å². The summed E-state index contributed by atoms with van der Waals surface area (Å²) in [6.45, 7) is 9.90. The maximum atomic E-state index is 13.8. The summed E-state index contributed by atoms with van der Waals surface area (Å²) >= 11 is 0. The third-order valence-corrected chi connectivity index (χ3v) is 9.53. The summed E-state index contributed by atoms with van der Waals surface area (Å²) in [4.78, 5) is 24.6. The van der Waals surface area contributed by atoms with Crippen molar-refractivity contribution in [2.45, 2.75) is 97.1 Å². The number of halogens is 1. The zero-order chi connectivity index (χ0) is 33.7. The van der Waals surface area contributed by atoms with Crippen molar-refractivity contribution in [2.75, 3.05) is 38.1 Å². The monoisotopic (exact) mass is 657 g/mol.